The molecule has 0 aliphatic heterocycles. The molecule has 0 aromatic heterocycles. The van der Waals surface area contributed by atoms with Gasteiger partial charge in [-0.1, -0.05) is 48.0 Å². The molecule has 0 radical (unpaired) electrons. The van der Waals surface area contributed by atoms with E-state index in [2.05, 4.69) is 0 Å². The molecule has 0 saturated carbocycles. The van der Waals surface area contributed by atoms with Gasteiger partial charge in [0.1, 0.15) is 6.29 Å². The van der Waals surface area contributed by atoms with Crippen LogP contribution in [0.3, 0.4) is 0 Å². The van der Waals surface area contributed by atoms with Gasteiger partial charge in [-0.05, 0) is 36.1 Å². The van der Waals surface area contributed by atoms with Crippen LogP contribution >= 0.6 is 11.6 Å². The Bertz CT molecular complexity index is 485. The first-order valence-corrected chi connectivity index (χ1v) is 5.94. The molecule has 0 aliphatic carbocycles. The lowest BCUT2D eigenvalue weighted by Crippen LogP contribution is -1.91. The molecular formula is C15H13ClO. The maximum absolute atomic E-state index is 10.5. The summed E-state index contributed by atoms with van der Waals surface area (Å²) in [6.45, 7) is 0. The van der Waals surface area contributed by atoms with Crippen LogP contribution < -0.4 is 0 Å². The number of benzene rings is 2. The topological polar surface area (TPSA) is 17.1 Å². The van der Waals surface area contributed by atoms with Crippen LogP contribution in [0, 0.1) is 0 Å². The van der Waals surface area contributed by atoms with Gasteiger partial charge in [0.05, 0.1) is 0 Å². The van der Waals surface area contributed by atoms with Crippen LogP contribution in [0.25, 0.3) is 0 Å². The van der Waals surface area contributed by atoms with Crippen LogP contribution in [0.5, 0.6) is 0 Å². The number of carbonyl (C=O) groups is 1. The van der Waals surface area contributed by atoms with E-state index in [0.717, 1.165) is 29.7 Å². The predicted molar refractivity (Wildman–Crippen MR) is 70.7 cm³/mol. The average molecular weight is 245 g/mol. The summed E-state index contributed by atoms with van der Waals surface area (Å²) in [7, 11) is 0. The van der Waals surface area contributed by atoms with Crippen LogP contribution in [0.2, 0.25) is 5.02 Å². The van der Waals surface area contributed by atoms with Crippen molar-refractivity contribution in [2.45, 2.75) is 12.8 Å². The number of hydrogen-bond acceptors (Lipinski definition) is 1. The average Bonchev–Trinajstić information content (AvgIpc) is 2.39. The van der Waals surface area contributed by atoms with E-state index in [9.17, 15) is 4.79 Å². The van der Waals surface area contributed by atoms with E-state index in [0.29, 0.717) is 0 Å². The van der Waals surface area contributed by atoms with Crippen molar-refractivity contribution in [2.24, 2.45) is 0 Å². The fourth-order valence-corrected chi connectivity index (χ4v) is 1.83. The second-order valence-corrected chi connectivity index (χ2v) is 4.42. The summed E-state index contributed by atoms with van der Waals surface area (Å²) in [5.41, 5.74) is 3.24. The van der Waals surface area contributed by atoms with Crippen molar-refractivity contribution >= 4 is 17.9 Å². The van der Waals surface area contributed by atoms with E-state index >= 15 is 0 Å². The number of aldehydes is 1. The summed E-state index contributed by atoms with van der Waals surface area (Å²) in [5, 5.41) is 0.768. The lowest BCUT2D eigenvalue weighted by atomic mass is 10.0. The SMILES string of the molecule is O=Cc1ccc(CCc2ccc(Cl)cc2)cc1. The first-order valence-electron chi connectivity index (χ1n) is 5.56. The highest BCUT2D eigenvalue weighted by Gasteiger charge is 1.97. The third-order valence-corrected chi connectivity index (χ3v) is 2.98. The van der Waals surface area contributed by atoms with Gasteiger partial charge in [0.2, 0.25) is 0 Å². The van der Waals surface area contributed by atoms with Gasteiger partial charge in [-0.2, -0.15) is 0 Å². The van der Waals surface area contributed by atoms with Crippen LogP contribution in [0.4, 0.5) is 0 Å². The smallest absolute Gasteiger partial charge is 0.150 e. The van der Waals surface area contributed by atoms with Crippen LogP contribution in [0.15, 0.2) is 48.5 Å². The maximum Gasteiger partial charge on any atom is 0.150 e. The Morgan fingerprint density at radius 1 is 0.824 bits per heavy atom. The third-order valence-electron chi connectivity index (χ3n) is 2.73. The molecule has 0 N–H and O–H groups in total. The molecular weight excluding hydrogens is 232 g/mol. The van der Waals surface area contributed by atoms with Gasteiger partial charge < -0.3 is 0 Å². The largest absolute Gasteiger partial charge is 0.298 e. The zero-order valence-electron chi connectivity index (χ0n) is 9.40. The minimum absolute atomic E-state index is 0.722. The minimum Gasteiger partial charge on any atom is -0.298 e. The second-order valence-electron chi connectivity index (χ2n) is 3.99. The second kappa shape index (κ2) is 5.65. The van der Waals surface area contributed by atoms with Crippen LogP contribution in [-0.4, -0.2) is 6.29 Å². The van der Waals surface area contributed by atoms with Gasteiger partial charge in [0.25, 0.3) is 0 Å². The molecule has 0 fully saturated rings. The Kier molecular flexibility index (Phi) is 3.94. The van der Waals surface area contributed by atoms with Gasteiger partial charge >= 0.3 is 0 Å². The Labute approximate surface area is 106 Å². The van der Waals surface area contributed by atoms with Crippen molar-refractivity contribution in [3.63, 3.8) is 0 Å². The molecule has 2 rings (SSSR count). The number of halogens is 1. The Morgan fingerprint density at radius 2 is 1.29 bits per heavy atom. The first-order chi connectivity index (χ1) is 8.28. The molecule has 2 aromatic rings. The van der Waals surface area contributed by atoms with Crippen molar-refractivity contribution in [2.75, 3.05) is 0 Å². The monoisotopic (exact) mass is 244 g/mol. The minimum atomic E-state index is 0.722. The molecule has 0 amide bonds. The zero-order valence-corrected chi connectivity index (χ0v) is 10.2. The fraction of sp³-hybridized carbons (Fsp3) is 0.133. The summed E-state index contributed by atoms with van der Waals surface area (Å²) >= 11 is 5.83. The standard InChI is InChI=1S/C15H13ClO/c16-15-9-7-13(8-10-15)2-1-12-3-5-14(11-17)6-4-12/h3-11H,1-2H2. The highest BCUT2D eigenvalue weighted by molar-refractivity contribution is 6.30. The van der Waals surface area contributed by atoms with Gasteiger partial charge in [-0.15, -0.1) is 0 Å². The Hall–Kier alpha value is -1.60. The van der Waals surface area contributed by atoms with Crippen molar-refractivity contribution in [3.05, 3.63) is 70.2 Å². The van der Waals surface area contributed by atoms with Gasteiger partial charge in [-0.3, -0.25) is 4.79 Å². The van der Waals surface area contributed by atoms with Crippen molar-refractivity contribution in [1.82, 2.24) is 0 Å². The molecule has 86 valence electrons. The predicted octanol–water partition coefficient (Wildman–Crippen LogP) is 3.94. The van der Waals surface area contributed by atoms with Gasteiger partial charge in [0.15, 0.2) is 0 Å². The number of aryl methyl sites for hydroxylation is 2. The fourth-order valence-electron chi connectivity index (χ4n) is 1.70. The van der Waals surface area contributed by atoms with Gasteiger partial charge in [0, 0.05) is 10.6 Å². The molecule has 0 spiro atoms. The molecule has 0 bridgehead atoms. The van der Waals surface area contributed by atoms with Crippen molar-refractivity contribution in [1.29, 1.82) is 0 Å². The third kappa shape index (κ3) is 3.43. The molecule has 0 atom stereocenters. The van der Waals surface area contributed by atoms with E-state index in [4.69, 9.17) is 11.6 Å². The lowest BCUT2D eigenvalue weighted by molar-refractivity contribution is 0.112. The first kappa shape index (κ1) is 11.9. The number of hydrogen-bond donors (Lipinski definition) is 0. The summed E-state index contributed by atoms with van der Waals surface area (Å²) < 4.78 is 0. The summed E-state index contributed by atoms with van der Waals surface area (Å²) in [6, 6.07) is 15.6. The molecule has 0 aliphatic rings. The lowest BCUT2D eigenvalue weighted by Gasteiger charge is -2.02. The van der Waals surface area contributed by atoms with E-state index in [-0.39, 0.29) is 0 Å². The quantitative estimate of drug-likeness (QED) is 0.745. The Balaban J connectivity index is 1.97. The summed E-state index contributed by atoms with van der Waals surface area (Å²) in [5.74, 6) is 0. The number of rotatable bonds is 4. The molecule has 0 saturated heterocycles. The van der Waals surface area contributed by atoms with E-state index < -0.39 is 0 Å². The Morgan fingerprint density at radius 3 is 1.76 bits per heavy atom. The molecule has 2 heteroatoms. The van der Waals surface area contributed by atoms with Crippen molar-refractivity contribution in [3.8, 4) is 0 Å². The summed E-state index contributed by atoms with van der Waals surface area (Å²) in [4.78, 5) is 10.5. The van der Waals surface area contributed by atoms with Crippen LogP contribution in [0.1, 0.15) is 21.5 Å². The molecule has 17 heavy (non-hydrogen) atoms. The van der Waals surface area contributed by atoms with E-state index in [1.807, 2.05) is 48.5 Å². The molecule has 0 heterocycles. The number of carbonyl (C=O) groups excluding carboxylic acids is 1. The van der Waals surface area contributed by atoms with Crippen LogP contribution in [-0.2, 0) is 12.8 Å². The highest BCUT2D eigenvalue weighted by atomic mass is 35.5. The zero-order chi connectivity index (χ0) is 12.1. The molecule has 1 nitrogen and oxygen atoms in total. The van der Waals surface area contributed by atoms with Gasteiger partial charge in [-0.25, -0.2) is 0 Å². The molecule has 0 unspecified atom stereocenters. The van der Waals surface area contributed by atoms with Crippen molar-refractivity contribution < 1.29 is 4.79 Å². The normalized spacial score (nSPS) is 10.2. The highest BCUT2D eigenvalue weighted by Crippen LogP contribution is 2.12. The van der Waals surface area contributed by atoms with E-state index in [1.165, 1.54) is 11.1 Å². The van der Waals surface area contributed by atoms with E-state index in [1.54, 1.807) is 0 Å². The molecule has 2 aromatic carbocycles. The maximum atomic E-state index is 10.5. The summed E-state index contributed by atoms with van der Waals surface area (Å²) in [6.07, 6.45) is 2.82.